The van der Waals surface area contributed by atoms with Crippen molar-refractivity contribution in [2.75, 3.05) is 11.9 Å². The van der Waals surface area contributed by atoms with Gasteiger partial charge in [-0.15, -0.1) is 0 Å². The second kappa shape index (κ2) is 7.08. The Kier molecular flexibility index (Phi) is 5.74. The van der Waals surface area contributed by atoms with Crippen LogP contribution in [0.15, 0.2) is 18.2 Å². The number of anilines is 1. The Morgan fingerprint density at radius 3 is 2.53 bits per heavy atom. The molecule has 0 aliphatic heterocycles. The van der Waals surface area contributed by atoms with Crippen molar-refractivity contribution in [3.63, 3.8) is 0 Å². The molecule has 0 spiro atoms. The van der Waals surface area contributed by atoms with Gasteiger partial charge in [-0.1, -0.05) is 0 Å². The van der Waals surface area contributed by atoms with Crippen molar-refractivity contribution in [2.45, 2.75) is 6.92 Å². The first kappa shape index (κ1) is 15.4. The molecule has 0 aliphatic carbocycles. The molecule has 8 heteroatoms. The molecule has 0 aliphatic rings. The molecule has 0 aromatic heterocycles. The summed E-state index contributed by atoms with van der Waals surface area (Å²) in [5.74, 6) is -2.61. The molecule has 0 amide bonds. The van der Waals surface area contributed by atoms with Crippen molar-refractivity contribution in [3.8, 4) is 0 Å². The van der Waals surface area contributed by atoms with Gasteiger partial charge in [0.1, 0.15) is 0 Å². The molecule has 7 nitrogen and oxygen atoms in total. The van der Waals surface area contributed by atoms with E-state index in [4.69, 9.17) is 12.9 Å². The standard InChI is InChI=1S/C9H8NO4.C2H4O2.Hg/c11-8(12)5-10-7-4-2-1-3-6(7)9(13)14;1-2(3)4;/h2-4,10H,5H2,(H,11,12)(H,13,14);1H3,(H,3,4);/q;;+1/p-1. The molecule has 0 atom stereocenters. The van der Waals surface area contributed by atoms with Crippen LogP contribution in [0.1, 0.15) is 17.3 Å². The number of rotatable bonds is 6. The van der Waals surface area contributed by atoms with Crippen LogP contribution >= 0.6 is 0 Å². The van der Waals surface area contributed by atoms with Crippen LogP contribution in [0.3, 0.4) is 0 Å². The van der Waals surface area contributed by atoms with Gasteiger partial charge in [-0.05, 0) is 0 Å². The van der Waals surface area contributed by atoms with Gasteiger partial charge in [0.25, 0.3) is 0 Å². The summed E-state index contributed by atoms with van der Waals surface area (Å²) < 4.78 is 5.71. The average Bonchev–Trinajstić information content (AvgIpc) is 2.33. The van der Waals surface area contributed by atoms with Gasteiger partial charge >= 0.3 is 121 Å². The van der Waals surface area contributed by atoms with Crippen LogP contribution in [0.4, 0.5) is 5.69 Å². The summed E-state index contributed by atoms with van der Waals surface area (Å²) in [5.41, 5.74) is 0.209. The number of carbonyl (C=O) groups is 3. The fraction of sp³-hybridized carbons (Fsp3) is 0.182. The van der Waals surface area contributed by atoms with Crippen molar-refractivity contribution >= 4 is 26.7 Å². The number of hydrogen-bond acceptors (Lipinski definition) is 5. The minimum absolute atomic E-state index is 0.0223. The second-order valence-corrected chi connectivity index (χ2v) is 9.13. The molecule has 0 saturated carbocycles. The molecular formula is C11H11HgNO6. The van der Waals surface area contributed by atoms with E-state index in [1.165, 1.54) is 19.1 Å². The molecule has 1 rings (SSSR count). The van der Waals surface area contributed by atoms with E-state index in [9.17, 15) is 14.4 Å². The normalized spacial score (nSPS) is 9.32. The van der Waals surface area contributed by atoms with Crippen molar-refractivity contribution < 1.29 is 52.3 Å². The van der Waals surface area contributed by atoms with Crippen molar-refractivity contribution in [2.24, 2.45) is 0 Å². The molecular weight excluding hydrogens is 443 g/mol. The summed E-state index contributed by atoms with van der Waals surface area (Å²) in [6, 6.07) is 4.57. The summed E-state index contributed by atoms with van der Waals surface area (Å²) in [4.78, 5) is 32.2. The molecule has 3 N–H and O–H groups in total. The third kappa shape index (κ3) is 5.25. The van der Waals surface area contributed by atoms with Gasteiger partial charge in [0, 0.05) is 0 Å². The van der Waals surface area contributed by atoms with Crippen LogP contribution in [0.5, 0.6) is 0 Å². The van der Waals surface area contributed by atoms with Crippen LogP contribution < -0.4 is 8.39 Å². The summed E-state index contributed by atoms with van der Waals surface area (Å²) in [6.45, 7) is 0.939. The Labute approximate surface area is 121 Å². The van der Waals surface area contributed by atoms with E-state index in [1.54, 1.807) is 6.07 Å². The topological polar surface area (TPSA) is 113 Å². The first-order valence-corrected chi connectivity index (χ1v) is 10.3. The maximum absolute atomic E-state index is 11.1. The van der Waals surface area contributed by atoms with E-state index in [2.05, 4.69) is 5.32 Å². The molecule has 0 fully saturated rings. The minimum atomic E-state index is -2.08. The van der Waals surface area contributed by atoms with Crippen LogP contribution in [-0.2, 0) is 37.3 Å². The van der Waals surface area contributed by atoms with Crippen molar-refractivity contribution in [1.29, 1.82) is 0 Å². The molecule has 0 heterocycles. The van der Waals surface area contributed by atoms with Gasteiger partial charge < -0.3 is 0 Å². The molecule has 0 saturated heterocycles. The van der Waals surface area contributed by atoms with Gasteiger partial charge in [0.15, 0.2) is 0 Å². The predicted octanol–water partition coefficient (Wildman–Crippen LogP) is 0.0672. The zero-order valence-electron chi connectivity index (χ0n) is 10.2. The molecule has 1 aromatic rings. The molecule has 19 heavy (non-hydrogen) atoms. The molecule has 0 bridgehead atoms. The molecule has 0 unspecified atom stereocenters. The number of carboxylic acid groups (broad SMARTS) is 2. The number of hydrogen-bond donors (Lipinski definition) is 3. The average molecular weight is 454 g/mol. The summed E-state index contributed by atoms with van der Waals surface area (Å²) >= 11 is -2.08. The second-order valence-electron chi connectivity index (χ2n) is 3.71. The monoisotopic (exact) mass is 455 g/mol. The molecule has 0 radical (unpaired) electrons. The van der Waals surface area contributed by atoms with Crippen molar-refractivity contribution in [3.05, 3.63) is 23.8 Å². The molecule has 98 valence electrons. The van der Waals surface area contributed by atoms with Crippen molar-refractivity contribution in [1.82, 2.24) is 0 Å². The Balaban J connectivity index is 2.91. The first-order valence-electron chi connectivity index (χ1n) is 5.35. The van der Waals surface area contributed by atoms with E-state index >= 15 is 0 Å². The number of carboxylic acids is 2. The van der Waals surface area contributed by atoms with Crippen LogP contribution in [-0.4, -0.2) is 34.7 Å². The summed E-state index contributed by atoms with van der Waals surface area (Å²) in [6.07, 6.45) is 0. The Morgan fingerprint density at radius 2 is 2.00 bits per heavy atom. The maximum atomic E-state index is 11.1. The quantitative estimate of drug-likeness (QED) is 0.522. The van der Waals surface area contributed by atoms with E-state index in [0.29, 0.717) is 0 Å². The Bertz CT molecular complexity index is 516. The van der Waals surface area contributed by atoms with Gasteiger partial charge in [0.2, 0.25) is 0 Å². The summed E-state index contributed by atoms with van der Waals surface area (Å²) in [7, 11) is 0. The van der Waals surface area contributed by atoms with E-state index in [0.717, 1.165) is 3.07 Å². The van der Waals surface area contributed by atoms with Gasteiger partial charge in [-0.2, -0.15) is 0 Å². The van der Waals surface area contributed by atoms with Gasteiger partial charge in [-0.25, -0.2) is 0 Å². The fourth-order valence-corrected chi connectivity index (χ4v) is 4.76. The van der Waals surface area contributed by atoms with E-state index < -0.39 is 37.0 Å². The van der Waals surface area contributed by atoms with Gasteiger partial charge in [-0.3, -0.25) is 0 Å². The van der Waals surface area contributed by atoms with Crippen LogP contribution in [0.25, 0.3) is 0 Å². The van der Waals surface area contributed by atoms with E-state index in [1.807, 2.05) is 0 Å². The Morgan fingerprint density at radius 1 is 1.32 bits per heavy atom. The fourth-order valence-electron chi connectivity index (χ4n) is 1.37. The zero-order chi connectivity index (χ0) is 14.4. The number of aromatic carboxylic acids is 1. The third-order valence-corrected chi connectivity index (χ3v) is 7.33. The molecule has 1 aromatic carbocycles. The number of carbonyl (C=O) groups excluding carboxylic acids is 1. The van der Waals surface area contributed by atoms with Crippen LogP contribution in [0, 0.1) is 0 Å². The SMILES string of the molecule is CC(=O)[O][Hg][c]1ccc(NCC(=O)O)c(C(=O)O)c1. The number of benzene rings is 1. The van der Waals surface area contributed by atoms with Gasteiger partial charge in [0.05, 0.1) is 0 Å². The number of aliphatic carboxylic acids is 1. The Hall–Kier alpha value is -1.63. The van der Waals surface area contributed by atoms with Crippen LogP contribution in [0.2, 0.25) is 0 Å². The zero-order valence-corrected chi connectivity index (χ0v) is 15.7. The number of nitrogens with one attached hydrogen (secondary N) is 1. The summed E-state index contributed by atoms with van der Waals surface area (Å²) in [5, 5.41) is 20.1. The first-order chi connectivity index (χ1) is 8.90. The third-order valence-electron chi connectivity index (χ3n) is 2.19. The van der Waals surface area contributed by atoms with E-state index in [-0.39, 0.29) is 23.8 Å². The predicted molar refractivity (Wildman–Crippen MR) is 60.9 cm³/mol.